The molecule has 0 radical (unpaired) electrons. The number of carbonyl (C=O) groups excluding carboxylic acids is 1. The van der Waals surface area contributed by atoms with Gasteiger partial charge in [0.15, 0.2) is 5.76 Å². The van der Waals surface area contributed by atoms with Crippen molar-refractivity contribution in [1.29, 1.82) is 5.53 Å². The summed E-state index contributed by atoms with van der Waals surface area (Å²) in [5.41, 5.74) is 7.04. The van der Waals surface area contributed by atoms with Crippen LogP contribution in [0.1, 0.15) is 11.1 Å². The molecule has 0 aliphatic rings. The first-order valence-corrected chi connectivity index (χ1v) is 5.85. The molecular weight excluding hydrogens is 287 g/mol. The lowest BCUT2D eigenvalue weighted by molar-refractivity contribution is -0.136. The van der Waals surface area contributed by atoms with E-state index in [4.69, 9.17) is 28.7 Å². The summed E-state index contributed by atoms with van der Waals surface area (Å²) < 4.78 is 5.00. The van der Waals surface area contributed by atoms with Crippen molar-refractivity contribution in [2.75, 3.05) is 7.11 Å². The zero-order chi connectivity index (χ0) is 13.2. The smallest absolute Gasteiger partial charge is 0.362 e. The SMILES string of the molecule is COC(=O)C(N=N)=C(O)c1c(Cl)sc(Cl)c1C. The van der Waals surface area contributed by atoms with Gasteiger partial charge in [-0.3, -0.25) is 0 Å². The number of rotatable bonds is 3. The molecule has 0 aromatic carbocycles. The predicted octanol–water partition coefficient (Wildman–Crippen LogP) is 3.79. The van der Waals surface area contributed by atoms with Crippen LogP contribution in [0.15, 0.2) is 10.8 Å². The van der Waals surface area contributed by atoms with E-state index in [0.717, 1.165) is 18.4 Å². The molecule has 1 rings (SSSR count). The molecule has 0 bridgehead atoms. The Morgan fingerprint density at radius 2 is 2.06 bits per heavy atom. The van der Waals surface area contributed by atoms with E-state index in [1.807, 2.05) is 0 Å². The van der Waals surface area contributed by atoms with Crippen molar-refractivity contribution < 1.29 is 14.6 Å². The third-order valence-corrected chi connectivity index (χ3v) is 3.80. The highest BCUT2D eigenvalue weighted by Gasteiger charge is 2.23. The van der Waals surface area contributed by atoms with Gasteiger partial charge in [-0.25, -0.2) is 10.3 Å². The predicted molar refractivity (Wildman–Crippen MR) is 65.8 cm³/mol. The zero-order valence-electron chi connectivity index (χ0n) is 8.88. The molecule has 1 aromatic heterocycles. The van der Waals surface area contributed by atoms with E-state index in [9.17, 15) is 9.90 Å². The number of hydrogen-bond acceptors (Lipinski definition) is 6. The molecule has 2 N–H and O–H groups in total. The Morgan fingerprint density at radius 3 is 2.41 bits per heavy atom. The Morgan fingerprint density at radius 1 is 1.47 bits per heavy atom. The first-order chi connectivity index (χ1) is 7.93. The molecule has 0 saturated carbocycles. The van der Waals surface area contributed by atoms with Gasteiger partial charge in [0.1, 0.15) is 4.34 Å². The van der Waals surface area contributed by atoms with Crippen molar-refractivity contribution in [3.05, 3.63) is 25.5 Å². The summed E-state index contributed by atoms with van der Waals surface area (Å²) in [7, 11) is 1.12. The molecule has 0 aliphatic carbocycles. The third kappa shape index (κ3) is 2.59. The quantitative estimate of drug-likeness (QED) is 0.385. The van der Waals surface area contributed by atoms with Gasteiger partial charge in [-0.05, 0) is 12.5 Å². The van der Waals surface area contributed by atoms with E-state index < -0.39 is 17.4 Å². The number of nitrogens with zero attached hydrogens (tertiary/aromatic N) is 1. The average molecular weight is 295 g/mol. The summed E-state index contributed by atoms with van der Waals surface area (Å²) in [5, 5.41) is 12.8. The highest BCUT2D eigenvalue weighted by atomic mass is 35.5. The van der Waals surface area contributed by atoms with E-state index >= 15 is 0 Å². The van der Waals surface area contributed by atoms with Crippen LogP contribution in [0.25, 0.3) is 5.76 Å². The number of thiophene rings is 1. The summed E-state index contributed by atoms with van der Waals surface area (Å²) in [6.07, 6.45) is 0. The van der Waals surface area contributed by atoms with E-state index in [1.54, 1.807) is 6.92 Å². The van der Waals surface area contributed by atoms with Crippen molar-refractivity contribution in [3.8, 4) is 0 Å². The standard InChI is InChI=1S/C9H8Cl2N2O3S/c1-3-4(8(11)17-7(3)10)6(14)5(13-12)9(15)16-2/h12,14H,1-2H3. The van der Waals surface area contributed by atoms with E-state index in [2.05, 4.69) is 9.85 Å². The minimum absolute atomic E-state index is 0.193. The maximum atomic E-state index is 11.3. The number of aliphatic hydroxyl groups excluding tert-OH is 1. The van der Waals surface area contributed by atoms with Gasteiger partial charge in [0.05, 0.1) is 17.0 Å². The Hall–Kier alpha value is -1.11. The fourth-order valence-corrected chi connectivity index (χ4v) is 2.80. The first-order valence-electron chi connectivity index (χ1n) is 4.27. The van der Waals surface area contributed by atoms with Crippen LogP contribution < -0.4 is 0 Å². The molecule has 0 atom stereocenters. The van der Waals surface area contributed by atoms with E-state index in [1.165, 1.54) is 0 Å². The first kappa shape index (κ1) is 14.0. The van der Waals surface area contributed by atoms with E-state index in [-0.39, 0.29) is 9.90 Å². The lowest BCUT2D eigenvalue weighted by Crippen LogP contribution is -2.05. The van der Waals surface area contributed by atoms with Crippen molar-refractivity contribution in [3.63, 3.8) is 0 Å². The van der Waals surface area contributed by atoms with Crippen LogP contribution >= 0.6 is 34.5 Å². The molecule has 0 aliphatic heterocycles. The number of carbonyl (C=O) groups is 1. The Balaban J connectivity index is 3.45. The number of esters is 1. The normalized spacial score (nSPS) is 12.0. The third-order valence-electron chi connectivity index (χ3n) is 2.00. The second-order valence-electron chi connectivity index (χ2n) is 2.95. The minimum Gasteiger partial charge on any atom is -0.505 e. The lowest BCUT2D eigenvalue weighted by Gasteiger charge is -2.04. The molecular formula is C9H8Cl2N2O3S. The van der Waals surface area contributed by atoms with Crippen molar-refractivity contribution in [2.45, 2.75) is 6.92 Å². The van der Waals surface area contributed by atoms with Crippen LogP contribution in [0.5, 0.6) is 0 Å². The van der Waals surface area contributed by atoms with Crippen LogP contribution in [-0.4, -0.2) is 18.2 Å². The largest absolute Gasteiger partial charge is 0.505 e. The Bertz CT molecular complexity index is 511. The van der Waals surface area contributed by atoms with Gasteiger partial charge in [0, 0.05) is 0 Å². The molecule has 0 saturated heterocycles. The average Bonchev–Trinajstić information content (AvgIpc) is 2.53. The summed E-state index contributed by atoms with van der Waals surface area (Å²) in [4.78, 5) is 11.3. The summed E-state index contributed by atoms with van der Waals surface area (Å²) in [6.45, 7) is 1.63. The second kappa shape index (κ2) is 5.48. The highest BCUT2D eigenvalue weighted by Crippen LogP contribution is 2.40. The van der Waals surface area contributed by atoms with Crippen LogP contribution in [0.4, 0.5) is 0 Å². The summed E-state index contributed by atoms with van der Waals surface area (Å²) in [6, 6.07) is 0. The molecule has 0 amide bonds. The highest BCUT2D eigenvalue weighted by molar-refractivity contribution is 7.20. The zero-order valence-corrected chi connectivity index (χ0v) is 11.2. The van der Waals surface area contributed by atoms with Gasteiger partial charge in [0.25, 0.3) is 0 Å². The molecule has 5 nitrogen and oxygen atoms in total. The van der Waals surface area contributed by atoms with E-state index in [0.29, 0.717) is 9.90 Å². The number of hydrogen-bond donors (Lipinski definition) is 2. The molecule has 1 aromatic rings. The molecule has 0 fully saturated rings. The molecule has 17 heavy (non-hydrogen) atoms. The monoisotopic (exact) mass is 294 g/mol. The molecule has 0 spiro atoms. The van der Waals surface area contributed by atoms with Crippen LogP contribution in [0.3, 0.4) is 0 Å². The summed E-state index contributed by atoms with van der Waals surface area (Å²) >= 11 is 12.8. The molecule has 1 heterocycles. The minimum atomic E-state index is -0.921. The van der Waals surface area contributed by atoms with Gasteiger partial charge in [-0.1, -0.05) is 23.2 Å². The van der Waals surface area contributed by atoms with Gasteiger partial charge in [0.2, 0.25) is 5.70 Å². The fourth-order valence-electron chi connectivity index (χ4n) is 1.13. The van der Waals surface area contributed by atoms with Crippen LogP contribution in [-0.2, 0) is 9.53 Å². The number of nitrogens with one attached hydrogen (secondary N) is 1. The van der Waals surface area contributed by atoms with Gasteiger partial charge in [-0.15, -0.1) is 16.5 Å². The number of aliphatic hydroxyl groups is 1. The number of halogens is 2. The number of methoxy groups -OCH3 is 1. The fraction of sp³-hybridized carbons (Fsp3) is 0.222. The molecule has 92 valence electrons. The Labute approximate surface area is 111 Å². The van der Waals surface area contributed by atoms with Crippen LogP contribution in [0, 0.1) is 12.5 Å². The van der Waals surface area contributed by atoms with Crippen molar-refractivity contribution in [2.24, 2.45) is 5.11 Å². The number of ether oxygens (including phenoxy) is 1. The maximum Gasteiger partial charge on any atom is 0.362 e. The topological polar surface area (TPSA) is 82.7 Å². The molecule has 8 heteroatoms. The summed E-state index contributed by atoms with van der Waals surface area (Å²) in [5.74, 6) is -1.44. The van der Waals surface area contributed by atoms with Crippen LogP contribution in [0.2, 0.25) is 8.67 Å². The second-order valence-corrected chi connectivity index (χ2v) is 5.17. The molecule has 0 unspecified atom stereocenters. The lowest BCUT2D eigenvalue weighted by atomic mass is 10.1. The van der Waals surface area contributed by atoms with Gasteiger partial charge in [-0.2, -0.15) is 0 Å². The maximum absolute atomic E-state index is 11.3. The van der Waals surface area contributed by atoms with Crippen molar-refractivity contribution >= 4 is 46.3 Å². The Kier molecular flexibility index (Phi) is 4.50. The van der Waals surface area contributed by atoms with Gasteiger partial charge < -0.3 is 9.84 Å². The van der Waals surface area contributed by atoms with Crippen molar-refractivity contribution in [1.82, 2.24) is 0 Å². The van der Waals surface area contributed by atoms with Gasteiger partial charge >= 0.3 is 5.97 Å².